The molecule has 1 N–H and O–H groups in total. The lowest BCUT2D eigenvalue weighted by molar-refractivity contribution is -0.127. The second-order valence-electron chi connectivity index (χ2n) is 7.03. The van der Waals surface area contributed by atoms with E-state index in [9.17, 15) is 13.2 Å². The molecule has 1 heterocycles. The number of aryl methyl sites for hydroxylation is 1. The summed E-state index contributed by atoms with van der Waals surface area (Å²) in [5, 5.41) is 2.91. The first-order valence-electron chi connectivity index (χ1n) is 9.49. The molecule has 1 aliphatic heterocycles. The predicted molar refractivity (Wildman–Crippen MR) is 118 cm³/mol. The minimum absolute atomic E-state index is 0.204. The fourth-order valence-electron chi connectivity index (χ4n) is 3.21. The van der Waals surface area contributed by atoms with Crippen LogP contribution in [0.15, 0.2) is 48.5 Å². The van der Waals surface area contributed by atoms with E-state index in [2.05, 4.69) is 30.4 Å². The van der Waals surface area contributed by atoms with E-state index in [0.717, 1.165) is 17.8 Å². The van der Waals surface area contributed by atoms with Crippen molar-refractivity contribution in [1.29, 1.82) is 0 Å². The van der Waals surface area contributed by atoms with Crippen LogP contribution in [0.1, 0.15) is 17.5 Å². The zero-order valence-corrected chi connectivity index (χ0v) is 18.3. The van der Waals surface area contributed by atoms with Crippen molar-refractivity contribution >= 4 is 33.4 Å². The molecule has 29 heavy (non-hydrogen) atoms. The van der Waals surface area contributed by atoms with Gasteiger partial charge in [0.05, 0.1) is 11.9 Å². The van der Waals surface area contributed by atoms with Crippen molar-refractivity contribution in [3.8, 4) is 5.75 Å². The molecule has 6 nitrogen and oxygen atoms in total. The highest BCUT2D eigenvalue weighted by Crippen LogP contribution is 2.33. The summed E-state index contributed by atoms with van der Waals surface area (Å²) in [5.41, 5.74) is 2.98. The van der Waals surface area contributed by atoms with Gasteiger partial charge >= 0.3 is 0 Å². The van der Waals surface area contributed by atoms with Gasteiger partial charge in [0.15, 0.2) is 6.10 Å². The number of rotatable bonds is 7. The second-order valence-corrected chi connectivity index (χ2v) is 10.0. The van der Waals surface area contributed by atoms with E-state index < -0.39 is 16.1 Å². The first-order chi connectivity index (χ1) is 13.8. The van der Waals surface area contributed by atoms with Gasteiger partial charge in [0.25, 0.3) is 5.91 Å². The number of fused-ring (bicyclic) bond motifs is 1. The van der Waals surface area contributed by atoms with Crippen LogP contribution in [0, 0.1) is 6.92 Å². The third kappa shape index (κ3) is 5.90. The van der Waals surface area contributed by atoms with Crippen molar-refractivity contribution in [2.24, 2.45) is 0 Å². The van der Waals surface area contributed by atoms with E-state index in [-0.39, 0.29) is 12.5 Å². The van der Waals surface area contributed by atoms with Crippen molar-refractivity contribution in [1.82, 2.24) is 5.32 Å². The molecule has 0 saturated carbocycles. The number of thioether (sulfide) groups is 1. The molecule has 1 aliphatic rings. The maximum atomic E-state index is 12.6. The number of anilines is 1. The highest BCUT2D eigenvalue weighted by Gasteiger charge is 2.30. The number of carbonyl (C=O) groups is 1. The van der Waals surface area contributed by atoms with Gasteiger partial charge < -0.3 is 10.1 Å². The number of nitrogens with zero attached hydrogens (tertiary/aromatic N) is 1. The molecular weight excluding hydrogens is 408 g/mol. The summed E-state index contributed by atoms with van der Waals surface area (Å²) in [6.45, 7) is 2.81. The number of hydrogen-bond acceptors (Lipinski definition) is 5. The molecule has 1 unspecified atom stereocenters. The van der Waals surface area contributed by atoms with Crippen LogP contribution in [0.5, 0.6) is 5.75 Å². The Bertz CT molecular complexity index is 963. The monoisotopic (exact) mass is 434 g/mol. The van der Waals surface area contributed by atoms with Gasteiger partial charge in [-0.25, -0.2) is 8.42 Å². The van der Waals surface area contributed by atoms with Crippen LogP contribution < -0.4 is 14.4 Å². The lowest BCUT2D eigenvalue weighted by atomic mass is 10.2. The van der Waals surface area contributed by atoms with Crippen LogP contribution in [0.3, 0.4) is 0 Å². The molecule has 1 atom stereocenters. The van der Waals surface area contributed by atoms with Crippen molar-refractivity contribution in [2.75, 3.05) is 29.4 Å². The Labute approximate surface area is 176 Å². The van der Waals surface area contributed by atoms with Gasteiger partial charge in [-0.05, 0) is 24.6 Å². The molecule has 156 valence electrons. The van der Waals surface area contributed by atoms with E-state index >= 15 is 0 Å². The minimum Gasteiger partial charge on any atom is -0.478 e. The van der Waals surface area contributed by atoms with Crippen molar-refractivity contribution in [3.05, 3.63) is 59.7 Å². The number of benzene rings is 2. The third-order valence-electron chi connectivity index (χ3n) is 4.59. The summed E-state index contributed by atoms with van der Waals surface area (Å²) in [5.74, 6) is 1.88. The first kappa shape index (κ1) is 21.5. The van der Waals surface area contributed by atoms with Gasteiger partial charge in [-0.3, -0.25) is 9.10 Å². The summed E-state index contributed by atoms with van der Waals surface area (Å²) < 4.78 is 31.4. The van der Waals surface area contributed by atoms with Crippen LogP contribution >= 0.6 is 11.8 Å². The minimum atomic E-state index is -3.45. The fraction of sp³-hybridized carbons (Fsp3) is 0.381. The van der Waals surface area contributed by atoms with Gasteiger partial charge in [0.2, 0.25) is 10.0 Å². The standard InChI is InChI=1S/C21H26N2O4S2/c1-16-6-5-7-17(14-16)15-28-13-11-22-21(24)20-10-12-23(29(2,25)26)18-8-3-4-9-19(18)27-20/h3-9,14,20H,10-13,15H2,1-2H3,(H,22,24). The predicted octanol–water partition coefficient (Wildman–Crippen LogP) is 2.96. The Morgan fingerprint density at radius 2 is 2.03 bits per heavy atom. The Kier molecular flexibility index (Phi) is 7.08. The van der Waals surface area contributed by atoms with Gasteiger partial charge in [-0.15, -0.1) is 0 Å². The maximum absolute atomic E-state index is 12.6. The highest BCUT2D eigenvalue weighted by atomic mass is 32.2. The topological polar surface area (TPSA) is 75.7 Å². The molecule has 3 rings (SSSR count). The molecular formula is C21H26N2O4S2. The SMILES string of the molecule is Cc1cccc(CSCCNC(=O)C2CCN(S(C)(=O)=O)c3ccccc3O2)c1. The zero-order chi connectivity index (χ0) is 20.9. The average Bonchev–Trinajstić information content (AvgIpc) is 2.87. The third-order valence-corrected chi connectivity index (χ3v) is 6.80. The lowest BCUT2D eigenvalue weighted by Gasteiger charge is -2.20. The number of para-hydroxylation sites is 2. The highest BCUT2D eigenvalue weighted by molar-refractivity contribution is 7.98. The molecule has 0 saturated heterocycles. The van der Waals surface area contributed by atoms with Gasteiger partial charge in [0, 0.05) is 31.0 Å². The summed E-state index contributed by atoms with van der Waals surface area (Å²) >= 11 is 1.76. The summed E-state index contributed by atoms with van der Waals surface area (Å²) in [6.07, 6.45) is 0.740. The second kappa shape index (κ2) is 9.54. The quantitative estimate of drug-likeness (QED) is 0.678. The molecule has 2 aromatic rings. The maximum Gasteiger partial charge on any atom is 0.261 e. The Balaban J connectivity index is 1.52. The Hall–Kier alpha value is -2.19. The lowest BCUT2D eigenvalue weighted by Crippen LogP contribution is -2.40. The molecule has 1 amide bonds. The van der Waals surface area contributed by atoms with Crippen LogP contribution in [-0.4, -0.2) is 45.5 Å². The zero-order valence-electron chi connectivity index (χ0n) is 16.6. The number of ether oxygens (including phenoxy) is 1. The van der Waals surface area contributed by atoms with Crippen LogP contribution in [0.2, 0.25) is 0 Å². The summed E-state index contributed by atoms with van der Waals surface area (Å²) in [4.78, 5) is 12.6. The van der Waals surface area contributed by atoms with E-state index in [4.69, 9.17) is 4.74 Å². The van der Waals surface area contributed by atoms with E-state index in [1.54, 1.807) is 36.0 Å². The number of nitrogens with one attached hydrogen (secondary N) is 1. The molecule has 0 aromatic heterocycles. The van der Waals surface area contributed by atoms with E-state index in [0.29, 0.717) is 24.4 Å². The molecule has 0 spiro atoms. The first-order valence-corrected chi connectivity index (χ1v) is 12.5. The number of sulfonamides is 1. The van der Waals surface area contributed by atoms with E-state index in [1.165, 1.54) is 15.4 Å². The molecule has 8 heteroatoms. The van der Waals surface area contributed by atoms with Crippen LogP contribution in [-0.2, 0) is 20.6 Å². The van der Waals surface area contributed by atoms with E-state index in [1.807, 2.05) is 6.07 Å². The fourth-order valence-corrected chi connectivity index (χ4v) is 4.96. The number of hydrogen-bond donors (Lipinski definition) is 1. The Morgan fingerprint density at radius 1 is 1.24 bits per heavy atom. The van der Waals surface area contributed by atoms with Gasteiger partial charge in [-0.1, -0.05) is 42.0 Å². The smallest absolute Gasteiger partial charge is 0.261 e. The van der Waals surface area contributed by atoms with Crippen LogP contribution in [0.4, 0.5) is 5.69 Å². The Morgan fingerprint density at radius 3 is 2.79 bits per heavy atom. The molecule has 0 fully saturated rings. The van der Waals surface area contributed by atoms with Crippen LogP contribution in [0.25, 0.3) is 0 Å². The summed E-state index contributed by atoms with van der Waals surface area (Å²) in [7, 11) is -3.45. The van der Waals surface area contributed by atoms with Crippen molar-refractivity contribution < 1.29 is 17.9 Å². The molecule has 0 aliphatic carbocycles. The molecule has 0 radical (unpaired) electrons. The van der Waals surface area contributed by atoms with Crippen molar-refractivity contribution in [2.45, 2.75) is 25.2 Å². The molecule has 2 aromatic carbocycles. The number of amides is 1. The normalized spacial score (nSPS) is 16.5. The number of carbonyl (C=O) groups excluding carboxylic acids is 1. The van der Waals surface area contributed by atoms with Crippen molar-refractivity contribution in [3.63, 3.8) is 0 Å². The molecule has 0 bridgehead atoms. The largest absolute Gasteiger partial charge is 0.478 e. The summed E-state index contributed by atoms with van der Waals surface area (Å²) in [6, 6.07) is 15.3. The average molecular weight is 435 g/mol. The van der Waals surface area contributed by atoms with Gasteiger partial charge in [0.1, 0.15) is 5.75 Å². The van der Waals surface area contributed by atoms with Gasteiger partial charge in [-0.2, -0.15) is 11.8 Å².